The van der Waals surface area contributed by atoms with Gasteiger partial charge in [0.1, 0.15) is 10.6 Å². The third-order valence-corrected chi connectivity index (χ3v) is 6.32. The van der Waals surface area contributed by atoms with Crippen molar-refractivity contribution in [1.82, 2.24) is 10.0 Å². The van der Waals surface area contributed by atoms with Gasteiger partial charge in [0.05, 0.1) is 12.7 Å². The van der Waals surface area contributed by atoms with Crippen molar-refractivity contribution in [2.24, 2.45) is 0 Å². The molecule has 0 radical (unpaired) electrons. The number of methoxy groups -OCH3 is 1. The van der Waals surface area contributed by atoms with Gasteiger partial charge in [0.25, 0.3) is 5.91 Å². The second-order valence-electron chi connectivity index (χ2n) is 7.15. The first-order valence-corrected chi connectivity index (χ1v) is 11.5. The molecule has 1 aliphatic rings. The summed E-state index contributed by atoms with van der Waals surface area (Å²) in [5.41, 5.74) is 0.691. The average Bonchev–Trinajstić information content (AvgIpc) is 3.56. The minimum atomic E-state index is -4.01. The fourth-order valence-electron chi connectivity index (χ4n) is 2.70. The van der Waals surface area contributed by atoms with Gasteiger partial charge < -0.3 is 14.8 Å². The van der Waals surface area contributed by atoms with E-state index in [1.54, 1.807) is 24.3 Å². The summed E-state index contributed by atoms with van der Waals surface area (Å²) in [6, 6.07) is 10.8. The molecular weight excluding hydrogens is 444 g/mol. The summed E-state index contributed by atoms with van der Waals surface area (Å²) in [6.07, 6.45) is 0.822. The Bertz CT molecular complexity index is 1070. The molecule has 1 aliphatic carbocycles. The summed E-state index contributed by atoms with van der Waals surface area (Å²) in [7, 11) is -2.69. The van der Waals surface area contributed by atoms with Crippen LogP contribution >= 0.6 is 11.6 Å². The van der Waals surface area contributed by atoms with Crippen LogP contribution in [0.5, 0.6) is 5.75 Å². The predicted octanol–water partition coefficient (Wildman–Crippen LogP) is 2.65. The van der Waals surface area contributed by atoms with Crippen molar-refractivity contribution in [3.63, 3.8) is 0 Å². The maximum atomic E-state index is 12.9. The predicted molar refractivity (Wildman–Crippen MR) is 115 cm³/mol. The zero-order valence-electron chi connectivity index (χ0n) is 17.1. The molecule has 0 aromatic heterocycles. The largest absolute Gasteiger partial charge is 0.495 e. The molecule has 0 spiro atoms. The number of hydrogen-bond donors (Lipinski definition) is 2. The molecule has 1 saturated carbocycles. The number of amides is 1. The van der Waals surface area contributed by atoms with Gasteiger partial charge in [-0.1, -0.05) is 23.7 Å². The van der Waals surface area contributed by atoms with Crippen LogP contribution in [0.4, 0.5) is 0 Å². The van der Waals surface area contributed by atoms with Crippen molar-refractivity contribution in [3.8, 4) is 5.75 Å². The summed E-state index contributed by atoms with van der Waals surface area (Å²) in [5, 5.41) is 3.29. The van der Waals surface area contributed by atoms with E-state index in [9.17, 15) is 18.0 Å². The Morgan fingerprint density at radius 3 is 2.45 bits per heavy atom. The summed E-state index contributed by atoms with van der Waals surface area (Å²) in [4.78, 5) is 24.3. The van der Waals surface area contributed by atoms with Crippen molar-refractivity contribution < 1.29 is 27.5 Å². The number of ether oxygens (including phenoxy) is 2. The van der Waals surface area contributed by atoms with E-state index in [-0.39, 0.29) is 34.7 Å². The normalized spacial score (nSPS) is 14.5. The van der Waals surface area contributed by atoms with Crippen LogP contribution in [0.15, 0.2) is 47.4 Å². The first kappa shape index (κ1) is 23.1. The molecule has 3 rings (SSSR count). The summed E-state index contributed by atoms with van der Waals surface area (Å²) < 4.78 is 38.5. The molecule has 10 heteroatoms. The Hall–Kier alpha value is -2.62. The molecule has 2 aromatic rings. The molecule has 0 saturated heterocycles. The highest BCUT2D eigenvalue weighted by molar-refractivity contribution is 7.89. The number of rotatable bonds is 9. The van der Waals surface area contributed by atoms with Gasteiger partial charge in [0.15, 0.2) is 6.10 Å². The zero-order valence-corrected chi connectivity index (χ0v) is 18.6. The van der Waals surface area contributed by atoms with Gasteiger partial charge in [-0.3, -0.25) is 4.79 Å². The lowest BCUT2D eigenvalue weighted by atomic mass is 10.2. The van der Waals surface area contributed by atoms with Gasteiger partial charge in [-0.15, -0.1) is 0 Å². The molecule has 2 aromatic carbocycles. The van der Waals surface area contributed by atoms with E-state index in [1.165, 1.54) is 26.2 Å². The third kappa shape index (κ3) is 6.19. The van der Waals surface area contributed by atoms with E-state index < -0.39 is 22.1 Å². The zero-order chi connectivity index (χ0) is 22.6. The molecule has 8 nitrogen and oxygen atoms in total. The first-order chi connectivity index (χ1) is 14.7. The standard InChI is InChI=1S/C21H23ClN2O6S/c1-13(20(25)24-17-8-9-17)30-21(26)15-5-10-18(29-2)19(11-15)31(27,28)23-12-14-3-6-16(22)7-4-14/h3-7,10-11,13,17,23H,8-9,12H2,1-2H3,(H,24,25). The minimum Gasteiger partial charge on any atom is -0.495 e. The number of halogens is 1. The number of esters is 1. The molecule has 31 heavy (non-hydrogen) atoms. The number of carbonyl (C=O) groups is 2. The second-order valence-corrected chi connectivity index (χ2v) is 9.32. The second kappa shape index (κ2) is 9.67. The molecule has 0 heterocycles. The van der Waals surface area contributed by atoms with Gasteiger partial charge >= 0.3 is 5.97 Å². The number of hydrogen-bond acceptors (Lipinski definition) is 6. The van der Waals surface area contributed by atoms with Crippen LogP contribution in [0.25, 0.3) is 0 Å². The first-order valence-electron chi connectivity index (χ1n) is 9.63. The van der Waals surface area contributed by atoms with E-state index in [1.807, 2.05) is 0 Å². The molecule has 1 atom stereocenters. The third-order valence-electron chi connectivity index (χ3n) is 4.65. The molecular formula is C21H23ClN2O6S. The Labute approximate surface area is 185 Å². The summed E-state index contributed by atoms with van der Waals surface area (Å²) in [5.74, 6) is -1.13. The summed E-state index contributed by atoms with van der Waals surface area (Å²) in [6.45, 7) is 1.49. The van der Waals surface area contributed by atoms with Gasteiger partial charge in [0.2, 0.25) is 10.0 Å². The van der Waals surface area contributed by atoms with Crippen LogP contribution in [-0.2, 0) is 26.1 Å². The Kier molecular flexibility index (Phi) is 7.19. The van der Waals surface area contributed by atoms with Crippen LogP contribution in [-0.4, -0.2) is 39.5 Å². The lowest BCUT2D eigenvalue weighted by Gasteiger charge is -2.15. The van der Waals surface area contributed by atoms with Gasteiger partial charge in [-0.25, -0.2) is 17.9 Å². The summed E-state index contributed by atoms with van der Waals surface area (Å²) >= 11 is 5.84. The van der Waals surface area contributed by atoms with Crippen molar-refractivity contribution in [3.05, 3.63) is 58.6 Å². The van der Waals surface area contributed by atoms with Crippen LogP contribution < -0.4 is 14.8 Å². The highest BCUT2D eigenvalue weighted by Gasteiger charge is 2.28. The van der Waals surface area contributed by atoms with Crippen molar-refractivity contribution >= 4 is 33.5 Å². The van der Waals surface area contributed by atoms with Crippen LogP contribution in [0.3, 0.4) is 0 Å². The number of sulfonamides is 1. The van der Waals surface area contributed by atoms with E-state index in [4.69, 9.17) is 21.1 Å². The lowest BCUT2D eigenvalue weighted by Crippen LogP contribution is -2.37. The molecule has 1 amide bonds. The molecule has 1 fully saturated rings. The van der Waals surface area contributed by atoms with E-state index in [2.05, 4.69) is 10.0 Å². The van der Waals surface area contributed by atoms with Crippen LogP contribution in [0, 0.1) is 0 Å². The van der Waals surface area contributed by atoms with Crippen molar-refractivity contribution in [2.45, 2.75) is 43.4 Å². The number of nitrogens with one attached hydrogen (secondary N) is 2. The van der Waals surface area contributed by atoms with Crippen molar-refractivity contribution in [2.75, 3.05) is 7.11 Å². The fourth-order valence-corrected chi connectivity index (χ4v) is 4.04. The topological polar surface area (TPSA) is 111 Å². The van der Waals surface area contributed by atoms with E-state index in [0.29, 0.717) is 10.6 Å². The highest BCUT2D eigenvalue weighted by Crippen LogP contribution is 2.26. The van der Waals surface area contributed by atoms with Gasteiger partial charge in [-0.05, 0) is 55.7 Å². The molecule has 166 valence electrons. The average molecular weight is 467 g/mol. The van der Waals surface area contributed by atoms with Gasteiger partial charge in [-0.2, -0.15) is 0 Å². The number of carbonyl (C=O) groups excluding carboxylic acids is 2. The maximum Gasteiger partial charge on any atom is 0.338 e. The minimum absolute atomic E-state index is 0.0151. The monoisotopic (exact) mass is 466 g/mol. The number of benzene rings is 2. The Morgan fingerprint density at radius 1 is 1.16 bits per heavy atom. The van der Waals surface area contributed by atoms with Crippen LogP contribution in [0.1, 0.15) is 35.7 Å². The van der Waals surface area contributed by atoms with Gasteiger partial charge in [0, 0.05) is 17.6 Å². The Morgan fingerprint density at radius 2 is 1.84 bits per heavy atom. The highest BCUT2D eigenvalue weighted by atomic mass is 35.5. The molecule has 2 N–H and O–H groups in total. The molecule has 0 aliphatic heterocycles. The Balaban J connectivity index is 1.74. The molecule has 1 unspecified atom stereocenters. The van der Waals surface area contributed by atoms with Crippen LogP contribution in [0.2, 0.25) is 5.02 Å². The van der Waals surface area contributed by atoms with E-state index in [0.717, 1.165) is 18.9 Å². The SMILES string of the molecule is COc1ccc(C(=O)OC(C)C(=O)NC2CC2)cc1S(=O)(=O)NCc1ccc(Cl)cc1. The lowest BCUT2D eigenvalue weighted by molar-refractivity contribution is -0.129. The smallest absolute Gasteiger partial charge is 0.338 e. The maximum absolute atomic E-state index is 12.9. The van der Waals surface area contributed by atoms with Crippen molar-refractivity contribution in [1.29, 1.82) is 0 Å². The molecule has 0 bridgehead atoms. The van der Waals surface area contributed by atoms with E-state index >= 15 is 0 Å². The fraction of sp³-hybridized carbons (Fsp3) is 0.333. The quantitative estimate of drug-likeness (QED) is 0.549.